The molecule has 2 aromatic rings. The number of hydrogen-bond donors (Lipinski definition) is 2. The minimum atomic E-state index is -0.232. The van der Waals surface area contributed by atoms with Gasteiger partial charge in [0.15, 0.2) is 0 Å². The van der Waals surface area contributed by atoms with E-state index in [2.05, 4.69) is 16.7 Å². The van der Waals surface area contributed by atoms with E-state index in [0.29, 0.717) is 5.56 Å². The van der Waals surface area contributed by atoms with Crippen LogP contribution in [0, 0.1) is 5.82 Å². The molecule has 0 saturated carbocycles. The second kappa shape index (κ2) is 13.0. The van der Waals surface area contributed by atoms with Crippen molar-refractivity contribution in [1.82, 2.24) is 10.6 Å². The molecule has 0 fully saturated rings. The Hall–Kier alpha value is -1.33. The molecule has 0 bridgehead atoms. The summed E-state index contributed by atoms with van der Waals surface area (Å²) in [7, 11) is 1.95. The first-order chi connectivity index (χ1) is 10.8. The summed E-state index contributed by atoms with van der Waals surface area (Å²) in [4.78, 5) is 0. The van der Waals surface area contributed by atoms with Crippen LogP contribution in [0.15, 0.2) is 48.5 Å². The van der Waals surface area contributed by atoms with E-state index in [-0.39, 0.29) is 37.2 Å². The maximum absolute atomic E-state index is 13.5. The number of benzene rings is 2. The summed E-state index contributed by atoms with van der Waals surface area (Å²) in [5, 5.41) is 6.51. The van der Waals surface area contributed by atoms with Crippen molar-refractivity contribution < 1.29 is 9.13 Å². The second-order valence-electron chi connectivity index (χ2n) is 5.16. The van der Waals surface area contributed by atoms with Crippen molar-refractivity contribution in [2.75, 3.05) is 20.1 Å². The van der Waals surface area contributed by atoms with Crippen LogP contribution in [0.4, 0.5) is 4.39 Å². The van der Waals surface area contributed by atoms with Crippen molar-refractivity contribution in [2.45, 2.75) is 19.6 Å². The molecule has 24 heavy (non-hydrogen) atoms. The molecule has 0 aliphatic heterocycles. The van der Waals surface area contributed by atoms with Crippen LogP contribution in [0.25, 0.3) is 0 Å². The van der Waals surface area contributed by atoms with E-state index in [1.54, 1.807) is 12.1 Å². The molecule has 0 heterocycles. The van der Waals surface area contributed by atoms with Gasteiger partial charge in [0.1, 0.15) is 18.2 Å². The predicted molar refractivity (Wildman–Crippen MR) is 102 cm³/mol. The van der Waals surface area contributed by atoms with Crippen LogP contribution in [0.5, 0.6) is 5.75 Å². The van der Waals surface area contributed by atoms with Crippen LogP contribution < -0.4 is 15.4 Å². The molecule has 0 saturated heterocycles. The van der Waals surface area contributed by atoms with Crippen LogP contribution in [0.1, 0.15) is 17.5 Å². The minimum Gasteiger partial charge on any atom is -0.489 e. The summed E-state index contributed by atoms with van der Waals surface area (Å²) in [6.45, 7) is 3.03. The third-order valence-corrected chi connectivity index (χ3v) is 3.36. The number of rotatable bonds is 9. The Morgan fingerprint density at radius 2 is 1.79 bits per heavy atom. The molecule has 0 aliphatic carbocycles. The molecule has 0 atom stereocenters. The Morgan fingerprint density at radius 1 is 1.00 bits per heavy atom. The summed E-state index contributed by atoms with van der Waals surface area (Å²) in [6.07, 6.45) is 1.10. The van der Waals surface area contributed by atoms with Crippen LogP contribution in [-0.2, 0) is 13.2 Å². The zero-order valence-corrected chi connectivity index (χ0v) is 15.4. The third-order valence-electron chi connectivity index (χ3n) is 3.36. The Balaban J connectivity index is 0.00000264. The fourth-order valence-corrected chi connectivity index (χ4v) is 2.14. The Labute approximate surface area is 155 Å². The van der Waals surface area contributed by atoms with Gasteiger partial charge in [0, 0.05) is 12.1 Å². The maximum Gasteiger partial charge on any atom is 0.129 e. The van der Waals surface area contributed by atoms with Crippen molar-refractivity contribution in [1.29, 1.82) is 0 Å². The quantitative estimate of drug-likeness (QED) is 0.652. The minimum absolute atomic E-state index is 0. The molecule has 0 radical (unpaired) electrons. The normalized spacial score (nSPS) is 9.75. The van der Waals surface area contributed by atoms with Gasteiger partial charge in [-0.25, -0.2) is 4.39 Å². The summed E-state index contributed by atoms with van der Waals surface area (Å²) < 4.78 is 19.2. The lowest BCUT2D eigenvalue weighted by Crippen LogP contribution is -2.19. The number of hydrogen-bond acceptors (Lipinski definition) is 3. The number of halogens is 3. The van der Waals surface area contributed by atoms with Gasteiger partial charge in [0.25, 0.3) is 0 Å². The van der Waals surface area contributed by atoms with Crippen molar-refractivity contribution in [3.63, 3.8) is 0 Å². The number of ether oxygens (including phenoxy) is 1. The second-order valence-corrected chi connectivity index (χ2v) is 5.16. The highest BCUT2D eigenvalue weighted by Gasteiger charge is 2.02. The summed E-state index contributed by atoms with van der Waals surface area (Å²) in [5.74, 6) is 0.530. The highest BCUT2D eigenvalue weighted by molar-refractivity contribution is 5.85. The lowest BCUT2D eigenvalue weighted by atomic mass is 10.2. The highest BCUT2D eigenvalue weighted by Crippen LogP contribution is 2.16. The van der Waals surface area contributed by atoms with Gasteiger partial charge in [-0.15, -0.1) is 24.8 Å². The zero-order valence-electron chi connectivity index (χ0n) is 13.8. The van der Waals surface area contributed by atoms with E-state index in [0.717, 1.165) is 37.4 Å². The fourth-order valence-electron chi connectivity index (χ4n) is 2.14. The first-order valence-corrected chi connectivity index (χ1v) is 7.60. The third kappa shape index (κ3) is 7.97. The molecule has 0 aliphatic rings. The van der Waals surface area contributed by atoms with E-state index < -0.39 is 0 Å². The maximum atomic E-state index is 13.5. The molecule has 6 heteroatoms. The summed E-state index contributed by atoms with van der Waals surface area (Å²) >= 11 is 0. The predicted octanol–water partition coefficient (Wildman–Crippen LogP) is 3.95. The van der Waals surface area contributed by atoms with Crippen molar-refractivity contribution in [2.24, 2.45) is 0 Å². The van der Waals surface area contributed by atoms with Gasteiger partial charge in [-0.05, 0) is 50.3 Å². The van der Waals surface area contributed by atoms with Gasteiger partial charge >= 0.3 is 0 Å². The van der Waals surface area contributed by atoms with Crippen molar-refractivity contribution in [3.8, 4) is 5.75 Å². The van der Waals surface area contributed by atoms with E-state index in [9.17, 15) is 4.39 Å². The number of nitrogens with one attached hydrogen (secondary N) is 2. The average molecular weight is 375 g/mol. The highest BCUT2D eigenvalue weighted by atomic mass is 35.5. The molecule has 3 nitrogen and oxygen atoms in total. The lowest BCUT2D eigenvalue weighted by Gasteiger charge is -2.09. The van der Waals surface area contributed by atoms with E-state index in [4.69, 9.17) is 4.74 Å². The first kappa shape index (κ1) is 22.7. The summed E-state index contributed by atoms with van der Waals surface area (Å²) in [6, 6.07) is 14.6. The Kier molecular flexibility index (Phi) is 12.3. The van der Waals surface area contributed by atoms with E-state index in [1.807, 2.05) is 31.3 Å². The SMILES string of the molecule is CNCCCNCc1cccc(OCc2ccccc2F)c1.Cl.Cl. The fraction of sp³-hybridized carbons (Fsp3) is 0.333. The van der Waals surface area contributed by atoms with Gasteiger partial charge in [-0.2, -0.15) is 0 Å². The zero-order chi connectivity index (χ0) is 15.6. The van der Waals surface area contributed by atoms with Gasteiger partial charge < -0.3 is 15.4 Å². The van der Waals surface area contributed by atoms with E-state index >= 15 is 0 Å². The van der Waals surface area contributed by atoms with Crippen molar-refractivity contribution >= 4 is 24.8 Å². The van der Waals surface area contributed by atoms with Crippen molar-refractivity contribution in [3.05, 3.63) is 65.5 Å². The molecule has 2 aromatic carbocycles. The van der Waals surface area contributed by atoms with Gasteiger partial charge in [-0.1, -0.05) is 30.3 Å². The molecular formula is C18H25Cl2FN2O. The van der Waals surface area contributed by atoms with Crippen LogP contribution in [0.3, 0.4) is 0 Å². The first-order valence-electron chi connectivity index (χ1n) is 7.60. The van der Waals surface area contributed by atoms with Crippen LogP contribution >= 0.6 is 24.8 Å². The van der Waals surface area contributed by atoms with Crippen LogP contribution in [0.2, 0.25) is 0 Å². The largest absolute Gasteiger partial charge is 0.489 e. The molecule has 0 spiro atoms. The molecule has 0 amide bonds. The Morgan fingerprint density at radius 3 is 2.54 bits per heavy atom. The molecule has 2 N–H and O–H groups in total. The summed E-state index contributed by atoms with van der Waals surface area (Å²) in [5.41, 5.74) is 1.73. The molecule has 0 unspecified atom stereocenters. The van der Waals surface area contributed by atoms with Gasteiger partial charge in [-0.3, -0.25) is 0 Å². The van der Waals surface area contributed by atoms with Crippen LogP contribution in [-0.4, -0.2) is 20.1 Å². The van der Waals surface area contributed by atoms with E-state index in [1.165, 1.54) is 6.07 Å². The molecule has 134 valence electrons. The lowest BCUT2D eigenvalue weighted by molar-refractivity contribution is 0.299. The van der Waals surface area contributed by atoms with Gasteiger partial charge in [0.05, 0.1) is 0 Å². The van der Waals surface area contributed by atoms with Gasteiger partial charge in [0.2, 0.25) is 0 Å². The smallest absolute Gasteiger partial charge is 0.129 e. The average Bonchev–Trinajstić information content (AvgIpc) is 2.54. The standard InChI is InChI=1S/C18H23FN2O.2ClH/c1-20-10-5-11-21-13-15-6-4-8-17(12-15)22-14-16-7-2-3-9-18(16)19;;/h2-4,6-9,12,20-21H,5,10-11,13-14H2,1H3;2*1H. The molecule has 2 rings (SSSR count). The Bertz CT molecular complexity index is 584. The molecular weight excluding hydrogens is 350 g/mol. The topological polar surface area (TPSA) is 33.3 Å². The monoisotopic (exact) mass is 374 g/mol. The molecule has 0 aromatic heterocycles.